The molecule has 1 aliphatic heterocycles. The number of non-ortho nitro benzene ring substituents is 1. The molecule has 1 fully saturated rings. The minimum Gasteiger partial charge on any atom is -0.365 e. The van der Waals surface area contributed by atoms with Gasteiger partial charge in [0.15, 0.2) is 0 Å². The lowest BCUT2D eigenvalue weighted by Crippen LogP contribution is -2.54. The fourth-order valence-corrected chi connectivity index (χ4v) is 2.95. The van der Waals surface area contributed by atoms with Crippen molar-refractivity contribution in [2.45, 2.75) is 19.9 Å². The number of likely N-dealkylation sites (N-methyl/N-ethyl adjacent to an activating group) is 1. The highest BCUT2D eigenvalue weighted by atomic mass is 35.5. The van der Waals surface area contributed by atoms with Gasteiger partial charge in [-0.05, 0) is 19.0 Å². The van der Waals surface area contributed by atoms with E-state index < -0.39 is 4.92 Å². The molecule has 20 heavy (non-hydrogen) atoms. The van der Waals surface area contributed by atoms with Gasteiger partial charge in [0.1, 0.15) is 0 Å². The average molecular weight is 298 g/mol. The number of nitro groups is 1. The van der Waals surface area contributed by atoms with E-state index >= 15 is 0 Å². The fourth-order valence-electron chi connectivity index (χ4n) is 2.67. The molecule has 0 bridgehead atoms. The summed E-state index contributed by atoms with van der Waals surface area (Å²) in [4.78, 5) is 14.9. The third-order valence-electron chi connectivity index (χ3n) is 3.84. The first kappa shape index (κ1) is 15.1. The number of piperazine rings is 1. The summed E-state index contributed by atoms with van der Waals surface area (Å²) < 4.78 is 0. The molecule has 6 heteroatoms. The van der Waals surface area contributed by atoms with E-state index in [1.54, 1.807) is 6.07 Å². The third-order valence-corrected chi connectivity index (χ3v) is 4.15. The second-order valence-electron chi connectivity index (χ2n) is 5.66. The van der Waals surface area contributed by atoms with Crippen molar-refractivity contribution in [2.24, 2.45) is 5.92 Å². The molecule has 110 valence electrons. The van der Waals surface area contributed by atoms with Gasteiger partial charge in [0, 0.05) is 37.8 Å². The molecule has 1 atom stereocenters. The summed E-state index contributed by atoms with van der Waals surface area (Å²) in [6, 6.07) is 5.10. The molecular formula is C14H20ClN3O2. The van der Waals surface area contributed by atoms with E-state index in [-0.39, 0.29) is 5.69 Å². The number of hydrogen-bond acceptors (Lipinski definition) is 4. The molecule has 0 aromatic heterocycles. The van der Waals surface area contributed by atoms with Crippen molar-refractivity contribution in [1.82, 2.24) is 4.90 Å². The first-order chi connectivity index (χ1) is 9.40. The van der Waals surface area contributed by atoms with Crippen molar-refractivity contribution in [2.75, 3.05) is 31.6 Å². The van der Waals surface area contributed by atoms with Crippen LogP contribution in [0, 0.1) is 16.0 Å². The van der Waals surface area contributed by atoms with Gasteiger partial charge in [0.25, 0.3) is 5.69 Å². The Labute approximate surface area is 124 Å². The molecule has 1 aromatic rings. The van der Waals surface area contributed by atoms with E-state index in [0.29, 0.717) is 17.0 Å². The van der Waals surface area contributed by atoms with E-state index in [0.717, 1.165) is 25.3 Å². The fraction of sp³-hybridized carbons (Fsp3) is 0.571. The van der Waals surface area contributed by atoms with Gasteiger partial charge < -0.3 is 9.80 Å². The summed E-state index contributed by atoms with van der Waals surface area (Å²) in [5.74, 6) is 0.490. The van der Waals surface area contributed by atoms with Crippen LogP contribution in [0.25, 0.3) is 0 Å². The molecule has 0 N–H and O–H groups in total. The van der Waals surface area contributed by atoms with Crippen LogP contribution < -0.4 is 4.90 Å². The standard InChI is InChI=1S/C14H20ClN3O2/c1-10(2)14-9-16(3)6-7-17(14)13-5-4-11(18(19)20)8-12(13)15/h4-5,8,10,14H,6-7,9H2,1-3H3. The van der Waals surface area contributed by atoms with Crippen LogP contribution in [-0.4, -0.2) is 42.5 Å². The molecule has 0 spiro atoms. The van der Waals surface area contributed by atoms with E-state index in [4.69, 9.17) is 11.6 Å². The van der Waals surface area contributed by atoms with Crippen LogP contribution in [-0.2, 0) is 0 Å². The van der Waals surface area contributed by atoms with Crippen LogP contribution in [0.4, 0.5) is 11.4 Å². The minimum atomic E-state index is -0.417. The molecule has 0 radical (unpaired) electrons. The summed E-state index contributed by atoms with van der Waals surface area (Å²) in [7, 11) is 2.12. The maximum Gasteiger partial charge on any atom is 0.271 e. The van der Waals surface area contributed by atoms with Gasteiger partial charge in [-0.3, -0.25) is 10.1 Å². The first-order valence-electron chi connectivity index (χ1n) is 6.79. The third kappa shape index (κ3) is 3.04. The van der Waals surface area contributed by atoms with Gasteiger partial charge in [-0.15, -0.1) is 0 Å². The summed E-state index contributed by atoms with van der Waals surface area (Å²) in [5.41, 5.74) is 0.929. The molecule has 1 heterocycles. The topological polar surface area (TPSA) is 49.6 Å². The van der Waals surface area contributed by atoms with Gasteiger partial charge in [0.05, 0.1) is 15.6 Å². The first-order valence-corrected chi connectivity index (χ1v) is 7.17. The predicted octanol–water partition coefficient (Wildman–Crippen LogP) is 3.02. The van der Waals surface area contributed by atoms with Gasteiger partial charge in [-0.25, -0.2) is 0 Å². The van der Waals surface area contributed by atoms with Crippen molar-refractivity contribution in [3.05, 3.63) is 33.3 Å². The summed E-state index contributed by atoms with van der Waals surface area (Å²) in [6.07, 6.45) is 0. The normalized spacial score (nSPS) is 20.4. The summed E-state index contributed by atoms with van der Waals surface area (Å²) in [6.45, 7) is 7.21. The maximum atomic E-state index is 10.8. The second kappa shape index (κ2) is 5.97. The van der Waals surface area contributed by atoms with Gasteiger partial charge in [0.2, 0.25) is 0 Å². The number of anilines is 1. The number of benzene rings is 1. The quantitative estimate of drug-likeness (QED) is 0.635. The van der Waals surface area contributed by atoms with E-state index in [1.165, 1.54) is 12.1 Å². The number of hydrogen-bond donors (Lipinski definition) is 0. The molecule has 1 aromatic carbocycles. The molecule has 1 aliphatic rings. The molecular weight excluding hydrogens is 278 g/mol. The Bertz CT molecular complexity index is 507. The number of nitrogens with zero attached hydrogens (tertiary/aromatic N) is 3. The Hall–Kier alpha value is -1.33. The number of nitro benzene ring substituents is 1. The second-order valence-corrected chi connectivity index (χ2v) is 6.07. The Morgan fingerprint density at radius 1 is 1.40 bits per heavy atom. The highest BCUT2D eigenvalue weighted by molar-refractivity contribution is 6.33. The molecule has 1 unspecified atom stereocenters. The van der Waals surface area contributed by atoms with Crippen molar-refractivity contribution in [3.8, 4) is 0 Å². The Morgan fingerprint density at radius 2 is 2.10 bits per heavy atom. The largest absolute Gasteiger partial charge is 0.365 e. The predicted molar refractivity (Wildman–Crippen MR) is 81.6 cm³/mol. The summed E-state index contributed by atoms with van der Waals surface area (Å²) >= 11 is 6.25. The van der Waals surface area contributed by atoms with Crippen molar-refractivity contribution < 1.29 is 4.92 Å². The molecule has 0 amide bonds. The van der Waals surface area contributed by atoms with Gasteiger partial charge in [-0.2, -0.15) is 0 Å². The Morgan fingerprint density at radius 3 is 2.65 bits per heavy atom. The van der Waals surface area contributed by atoms with Crippen LogP contribution >= 0.6 is 11.6 Å². The zero-order chi connectivity index (χ0) is 14.9. The lowest BCUT2D eigenvalue weighted by Gasteiger charge is -2.43. The lowest BCUT2D eigenvalue weighted by molar-refractivity contribution is -0.384. The zero-order valence-electron chi connectivity index (χ0n) is 12.0. The smallest absolute Gasteiger partial charge is 0.271 e. The molecule has 2 rings (SSSR count). The average Bonchev–Trinajstić information content (AvgIpc) is 2.38. The number of halogens is 1. The number of rotatable bonds is 3. The van der Waals surface area contributed by atoms with Crippen LogP contribution in [0.5, 0.6) is 0 Å². The van der Waals surface area contributed by atoms with Crippen molar-refractivity contribution >= 4 is 23.0 Å². The van der Waals surface area contributed by atoms with Crippen LogP contribution in [0.3, 0.4) is 0 Å². The highest BCUT2D eigenvalue weighted by Crippen LogP contribution is 2.33. The Kier molecular flexibility index (Phi) is 4.50. The van der Waals surface area contributed by atoms with Crippen LogP contribution in [0.2, 0.25) is 5.02 Å². The minimum absolute atomic E-state index is 0.0361. The highest BCUT2D eigenvalue weighted by Gasteiger charge is 2.29. The van der Waals surface area contributed by atoms with Gasteiger partial charge in [-0.1, -0.05) is 25.4 Å². The van der Waals surface area contributed by atoms with Crippen LogP contribution in [0.15, 0.2) is 18.2 Å². The van der Waals surface area contributed by atoms with Crippen molar-refractivity contribution in [1.29, 1.82) is 0 Å². The van der Waals surface area contributed by atoms with E-state index in [2.05, 4.69) is 30.7 Å². The maximum absolute atomic E-state index is 10.8. The monoisotopic (exact) mass is 297 g/mol. The van der Waals surface area contributed by atoms with Crippen molar-refractivity contribution in [3.63, 3.8) is 0 Å². The molecule has 0 aliphatic carbocycles. The molecule has 5 nitrogen and oxygen atoms in total. The Balaban J connectivity index is 2.31. The van der Waals surface area contributed by atoms with Gasteiger partial charge >= 0.3 is 0 Å². The van der Waals surface area contributed by atoms with E-state index in [1.807, 2.05) is 0 Å². The summed E-state index contributed by atoms with van der Waals surface area (Å²) in [5, 5.41) is 11.2. The molecule has 1 saturated heterocycles. The van der Waals surface area contributed by atoms with E-state index in [9.17, 15) is 10.1 Å². The molecule has 0 saturated carbocycles. The zero-order valence-corrected chi connectivity index (χ0v) is 12.8. The lowest BCUT2D eigenvalue weighted by atomic mass is 9.99. The van der Waals surface area contributed by atoms with Crippen LogP contribution in [0.1, 0.15) is 13.8 Å². The SMILES string of the molecule is CC(C)C1CN(C)CCN1c1ccc([N+](=O)[O-])cc1Cl.